The summed E-state index contributed by atoms with van der Waals surface area (Å²) in [6, 6.07) is 10.1. The summed E-state index contributed by atoms with van der Waals surface area (Å²) in [6.07, 6.45) is 1.38. The summed E-state index contributed by atoms with van der Waals surface area (Å²) >= 11 is 0. The van der Waals surface area contributed by atoms with Crippen molar-refractivity contribution in [2.45, 2.75) is 26.7 Å². The fourth-order valence-electron chi connectivity index (χ4n) is 1.27. The molecule has 0 aliphatic carbocycles. The molecule has 15 heavy (non-hydrogen) atoms. The first-order chi connectivity index (χ1) is 7.18. The van der Waals surface area contributed by atoms with Gasteiger partial charge in [-0.15, -0.1) is 0 Å². The molecule has 2 nitrogen and oxygen atoms in total. The van der Waals surface area contributed by atoms with Crippen molar-refractivity contribution in [1.29, 1.82) is 0 Å². The lowest BCUT2D eigenvalue weighted by atomic mass is 10.1. The van der Waals surface area contributed by atoms with E-state index in [4.69, 9.17) is 0 Å². The molecule has 0 fully saturated rings. The molecule has 1 N–H and O–H groups in total. The number of nitrogens with one attached hydrogen (secondary N) is 1. The molecule has 0 atom stereocenters. The van der Waals surface area contributed by atoms with Crippen LogP contribution < -0.4 is 5.32 Å². The number of amides is 1. The summed E-state index contributed by atoms with van der Waals surface area (Å²) in [7, 11) is 0. The largest absolute Gasteiger partial charge is 0.356 e. The SMILES string of the molecule is C[C](C)CNC(=O)CCc1ccccc1. The van der Waals surface area contributed by atoms with E-state index in [0.717, 1.165) is 6.42 Å². The third-order valence-electron chi connectivity index (χ3n) is 2.12. The van der Waals surface area contributed by atoms with E-state index in [2.05, 4.69) is 5.32 Å². The molecular formula is C13H18NO. The van der Waals surface area contributed by atoms with Crippen LogP contribution >= 0.6 is 0 Å². The molecule has 1 aromatic rings. The van der Waals surface area contributed by atoms with Gasteiger partial charge in [0.1, 0.15) is 0 Å². The molecule has 0 aromatic heterocycles. The molecule has 1 aromatic carbocycles. The zero-order valence-corrected chi connectivity index (χ0v) is 9.42. The molecule has 0 heterocycles. The van der Waals surface area contributed by atoms with Gasteiger partial charge in [-0.25, -0.2) is 0 Å². The van der Waals surface area contributed by atoms with Crippen LogP contribution in [-0.4, -0.2) is 12.5 Å². The summed E-state index contributed by atoms with van der Waals surface area (Å²) < 4.78 is 0. The van der Waals surface area contributed by atoms with Gasteiger partial charge >= 0.3 is 0 Å². The smallest absolute Gasteiger partial charge is 0.220 e. The number of carbonyl (C=O) groups is 1. The molecule has 0 spiro atoms. The number of benzene rings is 1. The van der Waals surface area contributed by atoms with Gasteiger partial charge in [-0.2, -0.15) is 0 Å². The van der Waals surface area contributed by atoms with Crippen molar-refractivity contribution >= 4 is 5.91 Å². The van der Waals surface area contributed by atoms with Crippen LogP contribution in [0.5, 0.6) is 0 Å². The van der Waals surface area contributed by atoms with Crippen molar-refractivity contribution in [3.05, 3.63) is 41.8 Å². The Morgan fingerprint density at radius 3 is 2.47 bits per heavy atom. The lowest BCUT2D eigenvalue weighted by Crippen LogP contribution is -2.26. The first-order valence-electron chi connectivity index (χ1n) is 5.28. The predicted molar refractivity (Wildman–Crippen MR) is 62.4 cm³/mol. The second-order valence-corrected chi connectivity index (χ2v) is 3.97. The quantitative estimate of drug-likeness (QED) is 0.783. The first kappa shape index (κ1) is 11.8. The van der Waals surface area contributed by atoms with Crippen LogP contribution in [0.4, 0.5) is 0 Å². The van der Waals surface area contributed by atoms with Crippen LogP contribution in [0.15, 0.2) is 30.3 Å². The Balaban J connectivity index is 2.23. The second-order valence-electron chi connectivity index (χ2n) is 3.97. The Morgan fingerprint density at radius 1 is 1.20 bits per heavy atom. The number of aryl methyl sites for hydroxylation is 1. The normalized spacial score (nSPS) is 10.3. The van der Waals surface area contributed by atoms with E-state index in [9.17, 15) is 4.79 Å². The molecule has 1 rings (SSSR count). The number of hydrogen-bond acceptors (Lipinski definition) is 1. The molecule has 0 saturated carbocycles. The van der Waals surface area contributed by atoms with Crippen LogP contribution in [-0.2, 0) is 11.2 Å². The lowest BCUT2D eigenvalue weighted by molar-refractivity contribution is -0.120. The van der Waals surface area contributed by atoms with E-state index in [1.165, 1.54) is 11.5 Å². The van der Waals surface area contributed by atoms with Gasteiger partial charge in [0.15, 0.2) is 0 Å². The minimum Gasteiger partial charge on any atom is -0.356 e. The average molecular weight is 204 g/mol. The van der Waals surface area contributed by atoms with E-state index < -0.39 is 0 Å². The minimum absolute atomic E-state index is 0.125. The van der Waals surface area contributed by atoms with Gasteiger partial charge in [0.05, 0.1) is 0 Å². The Morgan fingerprint density at radius 2 is 1.87 bits per heavy atom. The van der Waals surface area contributed by atoms with E-state index in [1.807, 2.05) is 44.2 Å². The molecule has 0 saturated heterocycles. The Kier molecular flexibility index (Phi) is 4.88. The van der Waals surface area contributed by atoms with Crippen molar-refractivity contribution in [3.63, 3.8) is 0 Å². The number of hydrogen-bond donors (Lipinski definition) is 1. The third kappa shape index (κ3) is 5.21. The standard InChI is InChI=1S/C13H18NO/c1-11(2)10-14-13(15)9-8-12-6-4-3-5-7-12/h3-7H,8-10H2,1-2H3,(H,14,15). The topological polar surface area (TPSA) is 29.1 Å². The van der Waals surface area contributed by atoms with Gasteiger partial charge in [-0.1, -0.05) is 44.2 Å². The lowest BCUT2D eigenvalue weighted by Gasteiger charge is -2.06. The average Bonchev–Trinajstić information content (AvgIpc) is 2.25. The molecule has 1 amide bonds. The molecule has 0 aliphatic rings. The summed E-state index contributed by atoms with van der Waals surface area (Å²) in [5.41, 5.74) is 1.21. The number of carbonyl (C=O) groups excluding carboxylic acids is 1. The third-order valence-corrected chi connectivity index (χ3v) is 2.12. The maximum atomic E-state index is 11.4. The van der Waals surface area contributed by atoms with Crippen molar-refractivity contribution in [2.24, 2.45) is 0 Å². The van der Waals surface area contributed by atoms with Crippen molar-refractivity contribution < 1.29 is 4.79 Å². The first-order valence-corrected chi connectivity index (χ1v) is 5.28. The highest BCUT2D eigenvalue weighted by molar-refractivity contribution is 5.76. The molecule has 81 valence electrons. The van der Waals surface area contributed by atoms with Crippen LogP contribution in [0.3, 0.4) is 0 Å². The highest BCUT2D eigenvalue weighted by Crippen LogP contribution is 2.02. The van der Waals surface area contributed by atoms with Crippen molar-refractivity contribution in [1.82, 2.24) is 5.32 Å². The minimum atomic E-state index is 0.125. The van der Waals surface area contributed by atoms with Gasteiger partial charge in [0.2, 0.25) is 5.91 Å². The molecular weight excluding hydrogens is 186 g/mol. The van der Waals surface area contributed by atoms with Crippen LogP contribution in [0.2, 0.25) is 0 Å². The van der Waals surface area contributed by atoms with E-state index >= 15 is 0 Å². The van der Waals surface area contributed by atoms with Gasteiger partial charge in [-0.3, -0.25) is 4.79 Å². The van der Waals surface area contributed by atoms with Gasteiger partial charge < -0.3 is 5.32 Å². The monoisotopic (exact) mass is 204 g/mol. The summed E-state index contributed by atoms with van der Waals surface area (Å²) in [5.74, 6) is 1.35. The zero-order valence-electron chi connectivity index (χ0n) is 9.42. The summed E-state index contributed by atoms with van der Waals surface area (Å²) in [5, 5.41) is 2.88. The van der Waals surface area contributed by atoms with Crippen molar-refractivity contribution in [3.8, 4) is 0 Å². The molecule has 0 bridgehead atoms. The zero-order chi connectivity index (χ0) is 11.1. The molecule has 2 heteroatoms. The maximum Gasteiger partial charge on any atom is 0.220 e. The summed E-state index contributed by atoms with van der Waals surface area (Å²) in [6.45, 7) is 4.71. The van der Waals surface area contributed by atoms with Crippen molar-refractivity contribution in [2.75, 3.05) is 6.54 Å². The molecule has 1 radical (unpaired) electrons. The van der Waals surface area contributed by atoms with Gasteiger partial charge in [0, 0.05) is 13.0 Å². The fourth-order valence-corrected chi connectivity index (χ4v) is 1.27. The van der Waals surface area contributed by atoms with E-state index in [1.54, 1.807) is 0 Å². The molecule has 0 unspecified atom stereocenters. The fraction of sp³-hybridized carbons (Fsp3) is 0.385. The highest BCUT2D eigenvalue weighted by atomic mass is 16.1. The predicted octanol–water partition coefficient (Wildman–Crippen LogP) is 2.35. The van der Waals surface area contributed by atoms with E-state index in [0.29, 0.717) is 13.0 Å². The van der Waals surface area contributed by atoms with Crippen LogP contribution in [0.25, 0.3) is 0 Å². The van der Waals surface area contributed by atoms with Gasteiger partial charge in [0.25, 0.3) is 0 Å². The Labute approximate surface area is 91.7 Å². The Hall–Kier alpha value is -1.31. The van der Waals surface area contributed by atoms with Crippen LogP contribution in [0.1, 0.15) is 25.8 Å². The second kappa shape index (κ2) is 6.23. The number of rotatable bonds is 5. The van der Waals surface area contributed by atoms with Gasteiger partial charge in [-0.05, 0) is 17.9 Å². The van der Waals surface area contributed by atoms with E-state index in [-0.39, 0.29) is 5.91 Å². The summed E-state index contributed by atoms with van der Waals surface area (Å²) in [4.78, 5) is 11.4. The Bertz CT molecular complexity index is 293. The highest BCUT2D eigenvalue weighted by Gasteiger charge is 2.02. The van der Waals surface area contributed by atoms with Crippen LogP contribution in [0, 0.1) is 5.92 Å². The molecule has 0 aliphatic heterocycles. The maximum absolute atomic E-state index is 11.4.